The lowest BCUT2D eigenvalue weighted by Crippen LogP contribution is -2.40. The van der Waals surface area contributed by atoms with Crippen molar-refractivity contribution >= 4 is 38.8 Å². The molecule has 0 bridgehead atoms. The van der Waals surface area contributed by atoms with Crippen LogP contribution in [0.2, 0.25) is 0 Å². The summed E-state index contributed by atoms with van der Waals surface area (Å²) in [6.07, 6.45) is 0. The van der Waals surface area contributed by atoms with Gasteiger partial charge in [-0.1, -0.05) is 0 Å². The summed E-state index contributed by atoms with van der Waals surface area (Å²) in [4.78, 5) is 12.6. The molecule has 1 aromatic carbocycles. The molecule has 1 aromatic heterocycles. The highest BCUT2D eigenvalue weighted by atomic mass is 32.2. The van der Waals surface area contributed by atoms with E-state index in [-0.39, 0.29) is 24.7 Å². The number of hydrogen-bond donors (Lipinski definition) is 1. The second-order valence-corrected chi connectivity index (χ2v) is 8.22. The summed E-state index contributed by atoms with van der Waals surface area (Å²) in [5.74, 6) is -0.764. The molecule has 1 aliphatic heterocycles. The molecule has 2 aromatic rings. The van der Waals surface area contributed by atoms with E-state index < -0.39 is 16.0 Å². The molecule has 9 heteroatoms. The first kappa shape index (κ1) is 16.7. The zero-order valence-electron chi connectivity index (χ0n) is 13.1. The second-order valence-electron chi connectivity index (χ2n) is 5.42. The molecule has 3 rings (SSSR count). The van der Waals surface area contributed by atoms with Crippen LogP contribution in [0, 0.1) is 12.7 Å². The Morgan fingerprint density at radius 1 is 1.29 bits per heavy atom. The fourth-order valence-electron chi connectivity index (χ4n) is 2.50. The zero-order valence-corrected chi connectivity index (χ0v) is 14.7. The number of hydrogen-bond acceptors (Lipinski definition) is 4. The fourth-order valence-corrected chi connectivity index (χ4v) is 4.73. The van der Waals surface area contributed by atoms with Gasteiger partial charge in [0.25, 0.3) is 5.91 Å². The molecule has 0 atom stereocenters. The quantitative estimate of drug-likeness (QED) is 0.898. The number of anilines is 2. The molecular formula is C15H16FN3O3S2. The van der Waals surface area contributed by atoms with Crippen molar-refractivity contribution < 1.29 is 17.6 Å². The SMILES string of the molecule is Cc1csc(C(=O)NCCN2c3cc(F)ccc3N(C)S2(=O)=O)c1. The Morgan fingerprint density at radius 2 is 2.04 bits per heavy atom. The van der Waals surface area contributed by atoms with Gasteiger partial charge in [0.2, 0.25) is 0 Å². The van der Waals surface area contributed by atoms with Gasteiger partial charge in [-0.25, -0.2) is 8.70 Å². The summed E-state index contributed by atoms with van der Waals surface area (Å²) < 4.78 is 40.5. The van der Waals surface area contributed by atoms with Gasteiger partial charge in [0.05, 0.1) is 22.8 Å². The number of halogens is 1. The molecule has 0 saturated carbocycles. The van der Waals surface area contributed by atoms with Gasteiger partial charge in [0.1, 0.15) is 5.82 Å². The minimum absolute atomic E-state index is 0.0270. The second kappa shape index (κ2) is 6.06. The molecule has 0 fully saturated rings. The molecule has 2 heterocycles. The first-order valence-electron chi connectivity index (χ1n) is 7.20. The Labute approximate surface area is 143 Å². The van der Waals surface area contributed by atoms with E-state index in [1.54, 1.807) is 6.07 Å². The average molecular weight is 369 g/mol. The standard InChI is InChI=1S/C15H16FN3O3S2/c1-10-7-14(23-9-10)15(20)17-5-6-19-13-8-11(16)3-4-12(13)18(2)24(19,21)22/h3-4,7-9H,5-6H2,1-2H3,(H,17,20). The van der Waals surface area contributed by atoms with Crippen LogP contribution in [0.1, 0.15) is 15.2 Å². The van der Waals surface area contributed by atoms with Gasteiger partial charge in [-0.15, -0.1) is 11.3 Å². The molecule has 1 N–H and O–H groups in total. The summed E-state index contributed by atoms with van der Waals surface area (Å²) in [7, 11) is -2.33. The summed E-state index contributed by atoms with van der Waals surface area (Å²) in [6.45, 7) is 2.05. The number of nitrogens with one attached hydrogen (secondary N) is 1. The Bertz CT molecular complexity index is 895. The lowest BCUT2D eigenvalue weighted by Gasteiger charge is -2.19. The number of rotatable bonds is 4. The van der Waals surface area contributed by atoms with Crippen LogP contribution in [0.15, 0.2) is 29.6 Å². The third-order valence-corrected chi connectivity index (χ3v) is 6.60. The number of amides is 1. The summed E-state index contributed by atoms with van der Waals surface area (Å²) in [5.41, 5.74) is 1.69. The van der Waals surface area contributed by atoms with Crippen molar-refractivity contribution in [2.45, 2.75) is 6.92 Å². The molecule has 128 valence electrons. The van der Waals surface area contributed by atoms with E-state index in [1.807, 2.05) is 12.3 Å². The van der Waals surface area contributed by atoms with Crippen molar-refractivity contribution in [3.05, 3.63) is 45.9 Å². The van der Waals surface area contributed by atoms with E-state index >= 15 is 0 Å². The smallest absolute Gasteiger partial charge is 0.326 e. The number of nitrogens with zero attached hydrogens (tertiary/aromatic N) is 2. The summed E-state index contributed by atoms with van der Waals surface area (Å²) in [6, 6.07) is 5.59. The molecule has 0 aliphatic carbocycles. The number of fused-ring (bicyclic) bond motifs is 1. The van der Waals surface area contributed by atoms with E-state index in [2.05, 4.69) is 5.32 Å². The van der Waals surface area contributed by atoms with Gasteiger partial charge in [-0.05, 0) is 36.1 Å². The van der Waals surface area contributed by atoms with E-state index in [0.29, 0.717) is 10.6 Å². The maximum absolute atomic E-state index is 13.5. The third kappa shape index (κ3) is 2.84. The topological polar surface area (TPSA) is 69.7 Å². The largest absolute Gasteiger partial charge is 0.350 e. The van der Waals surface area contributed by atoms with Crippen LogP contribution in [0.25, 0.3) is 0 Å². The van der Waals surface area contributed by atoms with E-state index in [9.17, 15) is 17.6 Å². The van der Waals surface area contributed by atoms with Crippen molar-refractivity contribution in [1.82, 2.24) is 5.32 Å². The first-order chi connectivity index (χ1) is 11.3. The lowest BCUT2D eigenvalue weighted by atomic mass is 10.2. The average Bonchev–Trinajstić information content (AvgIpc) is 3.03. The molecule has 0 unspecified atom stereocenters. The van der Waals surface area contributed by atoms with E-state index in [0.717, 1.165) is 14.2 Å². The van der Waals surface area contributed by atoms with Crippen LogP contribution in [0.4, 0.5) is 15.8 Å². The fraction of sp³-hybridized carbons (Fsp3) is 0.267. The predicted molar refractivity (Wildman–Crippen MR) is 92.5 cm³/mol. The maximum Gasteiger partial charge on any atom is 0.326 e. The third-order valence-electron chi connectivity index (χ3n) is 3.72. The van der Waals surface area contributed by atoms with Crippen LogP contribution in [0.3, 0.4) is 0 Å². The molecule has 0 radical (unpaired) electrons. The molecule has 1 aliphatic rings. The Morgan fingerprint density at radius 3 is 2.71 bits per heavy atom. The van der Waals surface area contributed by atoms with Crippen molar-refractivity contribution in [3.8, 4) is 0 Å². The van der Waals surface area contributed by atoms with E-state index in [4.69, 9.17) is 0 Å². The normalized spacial score (nSPS) is 15.5. The number of carbonyl (C=O) groups is 1. The number of aryl methyl sites for hydroxylation is 1. The predicted octanol–water partition coefficient (Wildman–Crippen LogP) is 2.13. The molecule has 0 saturated heterocycles. The number of thiophene rings is 1. The minimum atomic E-state index is -3.75. The van der Waals surface area contributed by atoms with Crippen molar-refractivity contribution in [1.29, 1.82) is 0 Å². The molecule has 24 heavy (non-hydrogen) atoms. The highest BCUT2D eigenvalue weighted by molar-refractivity contribution is 7.94. The van der Waals surface area contributed by atoms with Crippen LogP contribution in [-0.4, -0.2) is 34.5 Å². The van der Waals surface area contributed by atoms with Crippen LogP contribution in [-0.2, 0) is 10.2 Å². The number of benzene rings is 1. The Kier molecular flexibility index (Phi) is 4.22. The first-order valence-corrected chi connectivity index (χ1v) is 9.48. The highest BCUT2D eigenvalue weighted by Gasteiger charge is 2.37. The van der Waals surface area contributed by atoms with Gasteiger partial charge in [0.15, 0.2) is 0 Å². The molecule has 1 amide bonds. The van der Waals surface area contributed by atoms with Crippen molar-refractivity contribution in [3.63, 3.8) is 0 Å². The lowest BCUT2D eigenvalue weighted by molar-refractivity contribution is 0.0959. The summed E-state index contributed by atoms with van der Waals surface area (Å²) >= 11 is 1.33. The number of carbonyl (C=O) groups excluding carboxylic acids is 1. The van der Waals surface area contributed by atoms with Gasteiger partial charge in [0, 0.05) is 19.7 Å². The van der Waals surface area contributed by atoms with Gasteiger partial charge < -0.3 is 5.32 Å². The maximum atomic E-state index is 13.5. The summed E-state index contributed by atoms with van der Waals surface area (Å²) in [5, 5.41) is 4.56. The molecule has 6 nitrogen and oxygen atoms in total. The van der Waals surface area contributed by atoms with Crippen LogP contribution < -0.4 is 13.9 Å². The van der Waals surface area contributed by atoms with Crippen molar-refractivity contribution in [2.75, 3.05) is 28.7 Å². The van der Waals surface area contributed by atoms with Crippen LogP contribution in [0.5, 0.6) is 0 Å². The van der Waals surface area contributed by atoms with Crippen LogP contribution >= 0.6 is 11.3 Å². The highest BCUT2D eigenvalue weighted by Crippen LogP contribution is 2.39. The Balaban J connectivity index is 1.73. The van der Waals surface area contributed by atoms with Gasteiger partial charge >= 0.3 is 10.2 Å². The Hall–Kier alpha value is -2.13. The molecule has 0 spiro atoms. The van der Waals surface area contributed by atoms with Gasteiger partial charge in [-0.2, -0.15) is 8.42 Å². The van der Waals surface area contributed by atoms with Gasteiger partial charge in [-0.3, -0.25) is 9.10 Å². The zero-order chi connectivity index (χ0) is 17.5. The van der Waals surface area contributed by atoms with E-state index in [1.165, 1.54) is 36.6 Å². The molecular weight excluding hydrogens is 353 g/mol. The van der Waals surface area contributed by atoms with Crippen molar-refractivity contribution in [2.24, 2.45) is 0 Å². The minimum Gasteiger partial charge on any atom is -0.350 e. The monoisotopic (exact) mass is 369 g/mol.